The molecule has 1 aromatic heterocycles. The van der Waals surface area contributed by atoms with Crippen molar-refractivity contribution in [2.45, 2.75) is 6.54 Å². The molecule has 0 atom stereocenters. The maximum atomic E-state index is 12.8. The Morgan fingerprint density at radius 1 is 1.07 bits per heavy atom. The fraction of sp³-hybridized carbons (Fsp3) is 0.0455. The molecule has 2 aromatic carbocycles. The molecule has 0 saturated carbocycles. The number of rotatable bonds is 5. The number of phenols is 2. The summed E-state index contributed by atoms with van der Waals surface area (Å²) in [6, 6.07) is 17.3. The molecule has 0 aliphatic carbocycles. The van der Waals surface area contributed by atoms with E-state index in [1.165, 1.54) is 28.8 Å². The topological polar surface area (TPSA) is 82.9 Å². The lowest BCUT2D eigenvalue weighted by Gasteiger charge is -2.14. The van der Waals surface area contributed by atoms with Crippen molar-refractivity contribution < 1.29 is 19.7 Å². The van der Waals surface area contributed by atoms with Crippen LogP contribution >= 0.6 is 24.0 Å². The van der Waals surface area contributed by atoms with Gasteiger partial charge in [-0.05, 0) is 47.5 Å². The minimum atomic E-state index is -0.239. The van der Waals surface area contributed by atoms with E-state index >= 15 is 0 Å². The molecule has 2 heterocycles. The first-order valence-electron chi connectivity index (χ1n) is 8.95. The highest BCUT2D eigenvalue weighted by atomic mass is 32.2. The predicted molar refractivity (Wildman–Crippen MR) is 119 cm³/mol. The molecule has 4 rings (SSSR count). The Morgan fingerprint density at radius 3 is 2.57 bits per heavy atom. The average molecular weight is 437 g/mol. The maximum Gasteiger partial charge on any atom is 0.266 e. The monoisotopic (exact) mass is 436 g/mol. The van der Waals surface area contributed by atoms with E-state index in [1.807, 2.05) is 36.4 Å². The van der Waals surface area contributed by atoms with Crippen LogP contribution in [0, 0.1) is 0 Å². The summed E-state index contributed by atoms with van der Waals surface area (Å²) in [4.78, 5) is 19.0. The number of amides is 1. The lowest BCUT2D eigenvalue weighted by Crippen LogP contribution is -2.27. The molecule has 0 radical (unpaired) electrons. The zero-order valence-electron chi connectivity index (χ0n) is 15.6. The lowest BCUT2D eigenvalue weighted by molar-refractivity contribution is -0.122. The Kier molecular flexibility index (Phi) is 5.69. The fourth-order valence-corrected chi connectivity index (χ4v) is 4.04. The average Bonchev–Trinajstić information content (AvgIpc) is 3.00. The molecule has 2 N–H and O–H groups in total. The van der Waals surface area contributed by atoms with E-state index in [0.717, 1.165) is 5.56 Å². The van der Waals surface area contributed by atoms with E-state index in [4.69, 9.17) is 17.0 Å². The van der Waals surface area contributed by atoms with Crippen LogP contribution in [0.2, 0.25) is 0 Å². The molecule has 1 aliphatic rings. The van der Waals surface area contributed by atoms with Gasteiger partial charge in [0.1, 0.15) is 10.1 Å². The van der Waals surface area contributed by atoms with Crippen LogP contribution in [-0.4, -0.2) is 30.3 Å². The van der Waals surface area contributed by atoms with Gasteiger partial charge >= 0.3 is 0 Å². The smallest absolute Gasteiger partial charge is 0.266 e. The fourth-order valence-electron chi connectivity index (χ4n) is 2.78. The van der Waals surface area contributed by atoms with Crippen LogP contribution in [0.4, 0.5) is 0 Å². The van der Waals surface area contributed by atoms with Gasteiger partial charge in [0, 0.05) is 12.3 Å². The second kappa shape index (κ2) is 8.56. The molecule has 6 nitrogen and oxygen atoms in total. The van der Waals surface area contributed by atoms with Crippen molar-refractivity contribution >= 4 is 40.3 Å². The van der Waals surface area contributed by atoms with Gasteiger partial charge in [0.15, 0.2) is 11.5 Å². The zero-order chi connectivity index (χ0) is 21.1. The number of pyridine rings is 1. The Labute approximate surface area is 182 Å². The number of nitrogens with zero attached hydrogens (tertiary/aromatic N) is 2. The second-order valence-corrected chi connectivity index (χ2v) is 8.11. The van der Waals surface area contributed by atoms with Crippen molar-refractivity contribution in [2.75, 3.05) is 0 Å². The van der Waals surface area contributed by atoms with Gasteiger partial charge in [0.25, 0.3) is 5.91 Å². The number of carbonyl (C=O) groups excluding carboxylic acids is 1. The number of thioether (sulfide) groups is 1. The Hall–Kier alpha value is -3.36. The maximum absolute atomic E-state index is 12.8. The standard InChI is InChI=1S/C22H16N2O4S2/c25-17-8-6-15(10-18(17)26)13-24-21(27)19(30-22(24)29)11-14-7-9-20(23-12-14)28-16-4-2-1-3-5-16/h1-12,25-26H,13H2. The van der Waals surface area contributed by atoms with Crippen LogP contribution in [0.3, 0.4) is 0 Å². The normalized spacial score (nSPS) is 15.1. The third-order valence-corrected chi connectivity index (χ3v) is 5.65. The number of hydrogen-bond acceptors (Lipinski definition) is 7. The van der Waals surface area contributed by atoms with Crippen molar-refractivity contribution in [1.82, 2.24) is 9.88 Å². The molecule has 3 aromatic rings. The molecule has 8 heteroatoms. The Balaban J connectivity index is 1.46. The van der Waals surface area contributed by atoms with Crippen molar-refractivity contribution in [1.29, 1.82) is 0 Å². The summed E-state index contributed by atoms with van der Waals surface area (Å²) >= 11 is 6.55. The highest BCUT2D eigenvalue weighted by molar-refractivity contribution is 8.26. The molecule has 0 spiro atoms. The molecule has 30 heavy (non-hydrogen) atoms. The van der Waals surface area contributed by atoms with E-state index < -0.39 is 0 Å². The summed E-state index contributed by atoms with van der Waals surface area (Å²) in [6.07, 6.45) is 3.36. The molecular formula is C22H16N2O4S2. The van der Waals surface area contributed by atoms with E-state index in [2.05, 4.69) is 4.98 Å². The van der Waals surface area contributed by atoms with Gasteiger partial charge in [-0.3, -0.25) is 9.69 Å². The number of benzene rings is 2. The van der Waals surface area contributed by atoms with Crippen molar-refractivity contribution in [2.24, 2.45) is 0 Å². The number of thiocarbonyl (C=S) groups is 1. The first kappa shape index (κ1) is 19.9. The van der Waals surface area contributed by atoms with E-state index in [1.54, 1.807) is 24.4 Å². The number of aromatic hydroxyl groups is 2. The number of hydrogen-bond donors (Lipinski definition) is 2. The first-order valence-corrected chi connectivity index (χ1v) is 10.2. The van der Waals surface area contributed by atoms with Crippen molar-refractivity contribution in [3.63, 3.8) is 0 Å². The largest absolute Gasteiger partial charge is 0.504 e. The van der Waals surface area contributed by atoms with Crippen molar-refractivity contribution in [3.05, 3.63) is 82.9 Å². The van der Waals surface area contributed by atoms with E-state index in [-0.39, 0.29) is 24.0 Å². The van der Waals surface area contributed by atoms with Gasteiger partial charge in [-0.15, -0.1) is 0 Å². The third-order valence-electron chi connectivity index (χ3n) is 4.28. The number of ether oxygens (including phenoxy) is 1. The Morgan fingerprint density at radius 2 is 1.87 bits per heavy atom. The molecule has 1 fully saturated rings. The number of para-hydroxylation sites is 1. The van der Waals surface area contributed by atoms with Gasteiger partial charge in [0.2, 0.25) is 5.88 Å². The van der Waals surface area contributed by atoms with E-state index in [9.17, 15) is 15.0 Å². The van der Waals surface area contributed by atoms with Crippen molar-refractivity contribution in [3.8, 4) is 23.1 Å². The number of aromatic nitrogens is 1. The van der Waals surface area contributed by atoms with Crippen LogP contribution in [0.1, 0.15) is 11.1 Å². The van der Waals surface area contributed by atoms with Crippen LogP contribution in [0.15, 0.2) is 71.8 Å². The molecule has 0 unspecified atom stereocenters. The van der Waals surface area contributed by atoms with Crippen LogP contribution in [-0.2, 0) is 11.3 Å². The van der Waals surface area contributed by atoms with Gasteiger partial charge in [-0.2, -0.15) is 0 Å². The highest BCUT2D eigenvalue weighted by Crippen LogP contribution is 2.34. The molecule has 1 amide bonds. The minimum absolute atomic E-state index is 0.206. The van der Waals surface area contributed by atoms with Gasteiger partial charge < -0.3 is 14.9 Å². The predicted octanol–water partition coefficient (Wildman–Crippen LogP) is 4.69. The van der Waals surface area contributed by atoms with Crippen LogP contribution < -0.4 is 4.74 Å². The van der Waals surface area contributed by atoms with Gasteiger partial charge in [-0.1, -0.05) is 48.2 Å². The lowest BCUT2D eigenvalue weighted by atomic mass is 10.2. The first-order chi connectivity index (χ1) is 14.5. The number of phenolic OH excluding ortho intramolecular Hbond substituents is 2. The van der Waals surface area contributed by atoms with Gasteiger partial charge in [0.05, 0.1) is 11.4 Å². The number of carbonyl (C=O) groups is 1. The second-order valence-electron chi connectivity index (χ2n) is 6.44. The minimum Gasteiger partial charge on any atom is -0.504 e. The molecule has 1 saturated heterocycles. The molecular weight excluding hydrogens is 420 g/mol. The summed E-state index contributed by atoms with van der Waals surface area (Å²) in [7, 11) is 0. The van der Waals surface area contributed by atoms with E-state index in [0.29, 0.717) is 26.4 Å². The molecule has 1 aliphatic heterocycles. The summed E-state index contributed by atoms with van der Waals surface area (Å²) in [5, 5.41) is 19.1. The summed E-state index contributed by atoms with van der Waals surface area (Å²) < 4.78 is 6.10. The molecule has 150 valence electrons. The summed E-state index contributed by atoms with van der Waals surface area (Å²) in [5.41, 5.74) is 1.41. The summed E-state index contributed by atoms with van der Waals surface area (Å²) in [6.45, 7) is 0.206. The van der Waals surface area contributed by atoms with Gasteiger partial charge in [-0.25, -0.2) is 4.98 Å². The zero-order valence-corrected chi connectivity index (χ0v) is 17.2. The van der Waals surface area contributed by atoms with Crippen LogP contribution in [0.25, 0.3) is 6.08 Å². The van der Waals surface area contributed by atoms with Crippen LogP contribution in [0.5, 0.6) is 23.1 Å². The quantitative estimate of drug-likeness (QED) is 0.341. The molecule has 0 bridgehead atoms. The summed E-state index contributed by atoms with van der Waals surface area (Å²) in [5.74, 6) is 0.479. The highest BCUT2D eigenvalue weighted by Gasteiger charge is 2.32. The Bertz CT molecular complexity index is 1130. The third kappa shape index (κ3) is 4.45. The SMILES string of the molecule is O=C1C(=Cc2ccc(Oc3ccccc3)nc2)SC(=S)N1Cc1ccc(O)c(O)c1.